The van der Waals surface area contributed by atoms with Crippen LogP contribution in [-0.2, 0) is 6.42 Å². The van der Waals surface area contributed by atoms with Gasteiger partial charge in [-0.05, 0) is 49.3 Å². The Kier molecular flexibility index (Phi) is 5.15. The summed E-state index contributed by atoms with van der Waals surface area (Å²) in [6.07, 6.45) is 8.04. The molecule has 148 valence electrons. The number of aliphatic hydroxyl groups is 2. The average Bonchev–Trinajstić information content (AvgIpc) is 3.24. The Hall–Kier alpha value is -2.71. The van der Waals surface area contributed by atoms with E-state index in [1.807, 2.05) is 35.2 Å². The van der Waals surface area contributed by atoms with Crippen molar-refractivity contribution in [1.29, 1.82) is 0 Å². The average molecular weight is 382 g/mol. The quantitative estimate of drug-likeness (QED) is 0.476. The van der Waals surface area contributed by atoms with Crippen molar-refractivity contribution < 1.29 is 10.2 Å². The van der Waals surface area contributed by atoms with Gasteiger partial charge >= 0.3 is 0 Å². The fraction of sp³-hybridized carbons (Fsp3) is 0.450. The Morgan fingerprint density at radius 1 is 1.04 bits per heavy atom. The number of nitrogen functional groups attached to an aromatic ring is 2. The topological polar surface area (TPSA) is 136 Å². The molecule has 4 rings (SSSR count). The summed E-state index contributed by atoms with van der Waals surface area (Å²) in [6.45, 7) is 0. The van der Waals surface area contributed by atoms with Crippen LogP contribution in [0.25, 0.3) is 11.0 Å². The first-order valence-electron chi connectivity index (χ1n) is 9.68. The largest absolute Gasteiger partial charge is 0.390 e. The van der Waals surface area contributed by atoms with Crippen molar-refractivity contribution in [2.75, 3.05) is 11.5 Å². The van der Waals surface area contributed by atoms with Gasteiger partial charge in [-0.25, -0.2) is 15.0 Å². The number of nitrogens with two attached hydrogens (primary N) is 2. The first-order valence-corrected chi connectivity index (χ1v) is 9.68. The Balaban J connectivity index is 1.37. The molecule has 0 spiro atoms. The molecule has 28 heavy (non-hydrogen) atoms. The number of hydrogen-bond acceptors (Lipinski definition) is 7. The first-order chi connectivity index (χ1) is 13.5. The summed E-state index contributed by atoms with van der Waals surface area (Å²) in [5, 5.41) is 21.9. The van der Waals surface area contributed by atoms with Crippen LogP contribution >= 0.6 is 0 Å². The molecular weight excluding hydrogens is 356 g/mol. The number of nitrogens with zero attached hydrogens (tertiary/aromatic N) is 4. The van der Waals surface area contributed by atoms with Crippen LogP contribution in [0.4, 0.5) is 11.6 Å². The molecule has 3 heterocycles. The Morgan fingerprint density at radius 2 is 1.89 bits per heavy atom. The van der Waals surface area contributed by atoms with Crippen LogP contribution in [0.1, 0.15) is 37.3 Å². The van der Waals surface area contributed by atoms with E-state index in [9.17, 15) is 10.2 Å². The summed E-state index contributed by atoms with van der Waals surface area (Å²) in [6, 6.07) is 5.46. The van der Waals surface area contributed by atoms with Crippen LogP contribution in [0.5, 0.6) is 0 Å². The Morgan fingerprint density at radius 3 is 2.68 bits per heavy atom. The number of unbranched alkanes of at least 4 members (excludes halogenated alkanes) is 1. The second-order valence-electron chi connectivity index (χ2n) is 7.60. The smallest absolute Gasteiger partial charge is 0.145 e. The number of hydrogen-bond donors (Lipinski definition) is 4. The highest BCUT2D eigenvalue weighted by molar-refractivity contribution is 5.86. The van der Waals surface area contributed by atoms with Crippen molar-refractivity contribution in [3.63, 3.8) is 0 Å². The van der Waals surface area contributed by atoms with E-state index in [-0.39, 0.29) is 12.0 Å². The summed E-state index contributed by atoms with van der Waals surface area (Å²) in [4.78, 5) is 12.4. The minimum atomic E-state index is -0.821. The Labute approximate surface area is 163 Å². The predicted octanol–water partition coefficient (Wildman–Crippen LogP) is 1.69. The normalized spacial score (nSPS) is 24.8. The van der Waals surface area contributed by atoms with Crippen molar-refractivity contribution in [3.8, 4) is 0 Å². The molecule has 1 saturated carbocycles. The highest BCUT2D eigenvalue weighted by Crippen LogP contribution is 2.39. The summed E-state index contributed by atoms with van der Waals surface area (Å²) in [7, 11) is 0. The van der Waals surface area contributed by atoms with Crippen LogP contribution in [0.15, 0.2) is 36.9 Å². The van der Waals surface area contributed by atoms with E-state index in [0.29, 0.717) is 23.7 Å². The molecule has 4 atom stereocenters. The molecule has 3 aromatic rings. The monoisotopic (exact) mass is 382 g/mol. The molecule has 1 aliphatic rings. The van der Waals surface area contributed by atoms with E-state index in [0.717, 1.165) is 36.6 Å². The molecule has 0 radical (unpaired) electrons. The fourth-order valence-corrected chi connectivity index (χ4v) is 4.24. The predicted molar refractivity (Wildman–Crippen MR) is 107 cm³/mol. The highest BCUT2D eigenvalue weighted by atomic mass is 16.3. The van der Waals surface area contributed by atoms with Crippen LogP contribution in [-0.4, -0.2) is 41.9 Å². The van der Waals surface area contributed by atoms with Crippen molar-refractivity contribution in [1.82, 2.24) is 19.5 Å². The third-order valence-corrected chi connectivity index (χ3v) is 5.81. The second-order valence-corrected chi connectivity index (χ2v) is 7.60. The lowest BCUT2D eigenvalue weighted by Gasteiger charge is -2.19. The van der Waals surface area contributed by atoms with Gasteiger partial charge in [0.15, 0.2) is 0 Å². The number of aryl methyl sites for hydroxylation is 1. The van der Waals surface area contributed by atoms with E-state index in [2.05, 4.69) is 15.0 Å². The van der Waals surface area contributed by atoms with Gasteiger partial charge in [-0.2, -0.15) is 0 Å². The lowest BCUT2D eigenvalue weighted by molar-refractivity contribution is 0.00502. The second kappa shape index (κ2) is 7.73. The van der Waals surface area contributed by atoms with E-state index in [4.69, 9.17) is 11.5 Å². The lowest BCUT2D eigenvalue weighted by atomic mass is 9.96. The van der Waals surface area contributed by atoms with Crippen molar-refractivity contribution >= 4 is 22.7 Å². The van der Waals surface area contributed by atoms with Crippen LogP contribution in [0, 0.1) is 5.92 Å². The maximum absolute atomic E-state index is 10.6. The van der Waals surface area contributed by atoms with Gasteiger partial charge in [0.2, 0.25) is 0 Å². The number of aromatic nitrogens is 4. The van der Waals surface area contributed by atoms with Gasteiger partial charge < -0.3 is 26.2 Å². The third-order valence-electron chi connectivity index (χ3n) is 5.81. The maximum Gasteiger partial charge on any atom is 0.145 e. The molecule has 8 heteroatoms. The van der Waals surface area contributed by atoms with Crippen LogP contribution in [0.2, 0.25) is 0 Å². The zero-order valence-electron chi connectivity index (χ0n) is 15.6. The maximum atomic E-state index is 10.6. The minimum Gasteiger partial charge on any atom is -0.390 e. The van der Waals surface area contributed by atoms with Gasteiger partial charge in [0.05, 0.1) is 17.5 Å². The van der Waals surface area contributed by atoms with Gasteiger partial charge in [0, 0.05) is 12.4 Å². The number of rotatable bonds is 6. The molecule has 0 amide bonds. The number of aliphatic hydroxyl groups excluding tert-OH is 2. The number of anilines is 2. The molecule has 1 fully saturated rings. The minimum absolute atomic E-state index is 0.0566. The number of fused-ring (bicyclic) bond motifs is 1. The van der Waals surface area contributed by atoms with Gasteiger partial charge in [-0.1, -0.05) is 12.5 Å². The van der Waals surface area contributed by atoms with E-state index in [1.165, 1.54) is 6.33 Å². The van der Waals surface area contributed by atoms with Crippen molar-refractivity contribution in [2.45, 2.75) is 50.4 Å². The molecule has 8 nitrogen and oxygen atoms in total. The Bertz CT molecular complexity index is 942. The molecular formula is C20H26N6O2. The van der Waals surface area contributed by atoms with Crippen molar-refractivity contribution in [3.05, 3.63) is 42.5 Å². The van der Waals surface area contributed by atoms with Crippen LogP contribution in [0.3, 0.4) is 0 Å². The third kappa shape index (κ3) is 3.53. The molecule has 0 saturated heterocycles. The molecule has 0 aromatic carbocycles. The summed E-state index contributed by atoms with van der Waals surface area (Å²) >= 11 is 0. The summed E-state index contributed by atoms with van der Waals surface area (Å²) in [5.74, 6) is 1.01. The van der Waals surface area contributed by atoms with Crippen molar-refractivity contribution in [2.24, 2.45) is 5.92 Å². The first kappa shape index (κ1) is 18.6. The van der Waals surface area contributed by atoms with Gasteiger partial charge in [-0.15, -0.1) is 0 Å². The van der Waals surface area contributed by atoms with E-state index < -0.39 is 12.2 Å². The SMILES string of the molecule is Nc1ccc(CCCC[C@H]2C[C@@H](n3ccc4c(N)ncnc43)[C@H](O)[C@@H]2O)cn1. The summed E-state index contributed by atoms with van der Waals surface area (Å²) in [5.41, 5.74) is 13.4. The highest BCUT2D eigenvalue weighted by Gasteiger charge is 2.42. The van der Waals surface area contributed by atoms with E-state index in [1.54, 1.807) is 0 Å². The zero-order chi connectivity index (χ0) is 19.7. The fourth-order valence-electron chi connectivity index (χ4n) is 4.24. The molecule has 0 bridgehead atoms. The zero-order valence-corrected chi connectivity index (χ0v) is 15.6. The van der Waals surface area contributed by atoms with Gasteiger partial charge in [-0.3, -0.25) is 0 Å². The van der Waals surface area contributed by atoms with Crippen LogP contribution < -0.4 is 11.5 Å². The summed E-state index contributed by atoms with van der Waals surface area (Å²) < 4.78 is 1.92. The molecule has 0 aliphatic heterocycles. The molecule has 1 aliphatic carbocycles. The van der Waals surface area contributed by atoms with Gasteiger partial charge in [0.25, 0.3) is 0 Å². The number of pyridine rings is 1. The standard InChI is InChI=1S/C20H26N6O2/c21-16-6-5-12(10-23-16)3-1-2-4-13-9-15(18(28)17(13)27)26-8-7-14-19(22)24-11-25-20(14)26/h5-8,10-11,13,15,17-18,27-28H,1-4,9H2,(H2,21,23)(H2,22,24,25)/t13-,15+,17+,18-/m0/s1. The van der Waals surface area contributed by atoms with Gasteiger partial charge in [0.1, 0.15) is 29.7 Å². The van der Waals surface area contributed by atoms with E-state index >= 15 is 0 Å². The molecule has 0 unspecified atom stereocenters. The lowest BCUT2D eigenvalue weighted by Crippen LogP contribution is -2.29. The molecule has 6 N–H and O–H groups in total. The molecule has 3 aromatic heterocycles.